The van der Waals surface area contributed by atoms with Crippen molar-refractivity contribution >= 4 is 17.7 Å². The molecule has 1 unspecified atom stereocenters. The molecule has 2 rings (SSSR count). The molecule has 2 amide bonds. The second-order valence-corrected chi connectivity index (χ2v) is 4.73. The number of rotatable bonds is 5. The average Bonchev–Trinajstić information content (AvgIpc) is 2.96. The number of hydrogen-bond acceptors (Lipinski definition) is 3. The Morgan fingerprint density at radius 2 is 2.19 bits per heavy atom. The van der Waals surface area contributed by atoms with E-state index in [1.54, 1.807) is 24.3 Å². The van der Waals surface area contributed by atoms with Gasteiger partial charge in [0.2, 0.25) is 0 Å². The number of carboxylic acids is 1. The molecule has 1 aromatic carbocycles. The molecule has 6 nitrogen and oxygen atoms in total. The lowest BCUT2D eigenvalue weighted by molar-refractivity contribution is -0.141. The zero-order valence-corrected chi connectivity index (χ0v) is 11.4. The number of hydrogen-bond donors (Lipinski definition) is 2. The van der Waals surface area contributed by atoms with Gasteiger partial charge in [0.25, 0.3) is 0 Å². The molecule has 2 N–H and O–H groups in total. The fourth-order valence-electron chi connectivity index (χ4n) is 2.18. The Morgan fingerprint density at radius 3 is 2.86 bits per heavy atom. The Bertz CT molecular complexity index is 523. The third-order valence-corrected chi connectivity index (χ3v) is 3.29. The van der Waals surface area contributed by atoms with E-state index < -0.39 is 18.6 Å². The summed E-state index contributed by atoms with van der Waals surface area (Å²) in [5.41, 5.74) is 0.440. The van der Waals surface area contributed by atoms with Crippen LogP contribution in [0.1, 0.15) is 6.42 Å². The lowest BCUT2D eigenvalue weighted by Crippen LogP contribution is -2.33. The quantitative estimate of drug-likeness (QED) is 0.870. The van der Waals surface area contributed by atoms with Gasteiger partial charge in [0, 0.05) is 13.1 Å². The van der Waals surface area contributed by atoms with Crippen molar-refractivity contribution < 1.29 is 23.8 Å². The third-order valence-electron chi connectivity index (χ3n) is 3.29. The van der Waals surface area contributed by atoms with Crippen LogP contribution in [0.3, 0.4) is 0 Å². The van der Waals surface area contributed by atoms with E-state index in [4.69, 9.17) is 9.84 Å². The molecule has 0 spiro atoms. The van der Waals surface area contributed by atoms with Crippen LogP contribution in [0.25, 0.3) is 0 Å². The van der Waals surface area contributed by atoms with E-state index in [1.807, 2.05) is 0 Å². The van der Waals surface area contributed by atoms with E-state index in [-0.39, 0.29) is 19.2 Å². The van der Waals surface area contributed by atoms with Gasteiger partial charge in [-0.3, -0.25) is 4.79 Å². The van der Waals surface area contributed by atoms with E-state index in [0.29, 0.717) is 24.4 Å². The first-order valence-electron chi connectivity index (χ1n) is 6.68. The minimum atomic E-state index is -0.892. The topological polar surface area (TPSA) is 78.9 Å². The van der Waals surface area contributed by atoms with Crippen LogP contribution in [-0.4, -0.2) is 48.4 Å². The second-order valence-electron chi connectivity index (χ2n) is 4.73. The highest BCUT2D eigenvalue weighted by atomic mass is 19.1. The van der Waals surface area contributed by atoms with E-state index in [2.05, 4.69) is 5.32 Å². The molecule has 1 aliphatic heterocycles. The number of anilines is 1. The van der Waals surface area contributed by atoms with Gasteiger partial charge in [-0.15, -0.1) is 0 Å². The van der Waals surface area contributed by atoms with Gasteiger partial charge in [-0.2, -0.15) is 0 Å². The lowest BCUT2D eigenvalue weighted by atomic mass is 10.1. The number of benzene rings is 1. The van der Waals surface area contributed by atoms with Crippen LogP contribution in [0.5, 0.6) is 5.75 Å². The highest BCUT2D eigenvalue weighted by Crippen LogP contribution is 2.25. The van der Waals surface area contributed by atoms with Gasteiger partial charge in [-0.05, 0) is 18.6 Å². The number of likely N-dealkylation sites (tertiary alicyclic amines) is 1. The second kappa shape index (κ2) is 6.92. The molecule has 0 radical (unpaired) electrons. The normalized spacial score (nSPS) is 17.6. The number of halogens is 1. The molecule has 0 bridgehead atoms. The van der Waals surface area contributed by atoms with Crippen LogP contribution in [-0.2, 0) is 4.79 Å². The molecule has 1 fully saturated rings. The molecule has 1 aliphatic rings. The molecule has 1 saturated heterocycles. The Balaban J connectivity index is 1.98. The first kappa shape index (κ1) is 15.1. The molecule has 114 valence electrons. The monoisotopic (exact) mass is 296 g/mol. The summed E-state index contributed by atoms with van der Waals surface area (Å²) in [7, 11) is 0. The molecule has 21 heavy (non-hydrogen) atoms. The summed E-state index contributed by atoms with van der Waals surface area (Å²) in [6, 6.07) is 6.35. The van der Waals surface area contributed by atoms with Crippen LogP contribution < -0.4 is 10.1 Å². The maximum Gasteiger partial charge on any atom is 0.321 e. The summed E-state index contributed by atoms with van der Waals surface area (Å²) in [6.45, 7) is -0.114. The summed E-state index contributed by atoms with van der Waals surface area (Å²) >= 11 is 0. The van der Waals surface area contributed by atoms with Gasteiger partial charge in [0.1, 0.15) is 19.0 Å². The summed E-state index contributed by atoms with van der Waals surface area (Å²) in [5, 5.41) is 11.6. The Kier molecular flexibility index (Phi) is 4.97. The Morgan fingerprint density at radius 1 is 1.43 bits per heavy atom. The summed E-state index contributed by atoms with van der Waals surface area (Å²) < 4.78 is 17.4. The summed E-state index contributed by atoms with van der Waals surface area (Å²) in [5.74, 6) is -1.02. The zero-order valence-electron chi connectivity index (χ0n) is 11.4. The minimum absolute atomic E-state index is 0.0856. The van der Waals surface area contributed by atoms with Crippen molar-refractivity contribution in [1.82, 2.24) is 4.90 Å². The predicted molar refractivity (Wildman–Crippen MR) is 74.2 cm³/mol. The van der Waals surface area contributed by atoms with Gasteiger partial charge < -0.3 is 20.1 Å². The fraction of sp³-hybridized carbons (Fsp3) is 0.429. The number of urea groups is 1. The van der Waals surface area contributed by atoms with Crippen LogP contribution in [0.4, 0.5) is 14.9 Å². The van der Waals surface area contributed by atoms with Gasteiger partial charge in [-0.1, -0.05) is 12.1 Å². The lowest BCUT2D eigenvalue weighted by Gasteiger charge is -2.18. The average molecular weight is 296 g/mol. The molecule has 7 heteroatoms. The molecule has 1 heterocycles. The first-order chi connectivity index (χ1) is 10.1. The van der Waals surface area contributed by atoms with Gasteiger partial charge >= 0.3 is 12.0 Å². The number of amides is 2. The molecule has 0 saturated carbocycles. The summed E-state index contributed by atoms with van der Waals surface area (Å²) in [4.78, 5) is 24.4. The number of alkyl halides is 1. The van der Waals surface area contributed by atoms with Crippen LogP contribution in [0.15, 0.2) is 24.3 Å². The number of para-hydroxylation sites is 2. The SMILES string of the molecule is O=C(O)C1CCN(C(=O)Nc2ccccc2OCCF)C1. The van der Waals surface area contributed by atoms with Gasteiger partial charge in [0.15, 0.2) is 0 Å². The first-order valence-corrected chi connectivity index (χ1v) is 6.68. The van der Waals surface area contributed by atoms with Crippen LogP contribution in [0, 0.1) is 5.92 Å². The van der Waals surface area contributed by atoms with Crippen LogP contribution in [0.2, 0.25) is 0 Å². The third kappa shape index (κ3) is 3.84. The predicted octanol–water partition coefficient (Wildman–Crippen LogP) is 1.97. The maximum atomic E-state index is 12.2. The summed E-state index contributed by atoms with van der Waals surface area (Å²) in [6.07, 6.45) is 0.447. The molecular weight excluding hydrogens is 279 g/mol. The Hall–Kier alpha value is -2.31. The van der Waals surface area contributed by atoms with Crippen molar-refractivity contribution in [3.63, 3.8) is 0 Å². The van der Waals surface area contributed by atoms with Crippen molar-refractivity contribution in [2.45, 2.75) is 6.42 Å². The van der Waals surface area contributed by atoms with E-state index in [1.165, 1.54) is 4.90 Å². The fourth-order valence-corrected chi connectivity index (χ4v) is 2.18. The number of nitrogens with one attached hydrogen (secondary N) is 1. The molecule has 1 aromatic rings. The molecule has 0 aromatic heterocycles. The van der Waals surface area contributed by atoms with Crippen LogP contribution >= 0.6 is 0 Å². The number of nitrogens with zero attached hydrogens (tertiary/aromatic N) is 1. The largest absolute Gasteiger partial charge is 0.489 e. The number of carboxylic acid groups (broad SMARTS) is 1. The van der Waals surface area contributed by atoms with E-state index in [9.17, 15) is 14.0 Å². The molecular formula is C14H17FN2O4. The highest BCUT2D eigenvalue weighted by Gasteiger charge is 2.31. The molecule has 1 atom stereocenters. The van der Waals surface area contributed by atoms with E-state index in [0.717, 1.165) is 0 Å². The Labute approximate surface area is 121 Å². The van der Waals surface area contributed by atoms with E-state index >= 15 is 0 Å². The standard InChI is InChI=1S/C14H17FN2O4/c15-6-8-21-12-4-2-1-3-11(12)16-14(20)17-7-5-10(9-17)13(18)19/h1-4,10H,5-9H2,(H,16,20)(H,18,19). The van der Waals surface area contributed by atoms with Crippen molar-refractivity contribution in [1.29, 1.82) is 0 Å². The van der Waals surface area contributed by atoms with Gasteiger partial charge in [0.05, 0.1) is 11.6 Å². The van der Waals surface area contributed by atoms with Crippen molar-refractivity contribution in [2.75, 3.05) is 31.7 Å². The molecule has 0 aliphatic carbocycles. The minimum Gasteiger partial charge on any atom is -0.489 e. The van der Waals surface area contributed by atoms with Crippen molar-refractivity contribution in [3.8, 4) is 5.75 Å². The maximum absolute atomic E-state index is 12.2. The smallest absolute Gasteiger partial charge is 0.321 e. The number of aliphatic carboxylic acids is 1. The highest BCUT2D eigenvalue weighted by molar-refractivity contribution is 5.91. The number of carbonyl (C=O) groups excluding carboxylic acids is 1. The van der Waals surface area contributed by atoms with Crippen molar-refractivity contribution in [3.05, 3.63) is 24.3 Å². The van der Waals surface area contributed by atoms with Gasteiger partial charge in [-0.25, -0.2) is 9.18 Å². The number of ether oxygens (including phenoxy) is 1. The van der Waals surface area contributed by atoms with Crippen molar-refractivity contribution in [2.24, 2.45) is 5.92 Å². The zero-order chi connectivity index (χ0) is 15.2. The number of carbonyl (C=O) groups is 2.